The zero-order valence-electron chi connectivity index (χ0n) is 21.8. The molecule has 3 aromatic rings. The van der Waals surface area contributed by atoms with Gasteiger partial charge in [-0.05, 0) is 71.8 Å². The maximum Gasteiger partial charge on any atom is 0.343 e. The normalized spacial score (nSPS) is 11.6. The fourth-order valence-corrected chi connectivity index (χ4v) is 3.84. The summed E-state index contributed by atoms with van der Waals surface area (Å²) in [6.45, 7) is 6.79. The lowest BCUT2D eigenvalue weighted by atomic mass is 10.0. The lowest BCUT2D eigenvalue weighted by Gasteiger charge is -2.10. The van der Waals surface area contributed by atoms with Crippen molar-refractivity contribution in [2.75, 3.05) is 6.61 Å². The maximum absolute atomic E-state index is 12.6. The molecule has 0 aliphatic carbocycles. The number of carbonyl (C=O) groups is 2. The predicted molar refractivity (Wildman–Crippen MR) is 145 cm³/mol. The third-order valence-electron chi connectivity index (χ3n) is 6.47. The number of aryl methyl sites for hydroxylation is 1. The highest BCUT2D eigenvalue weighted by atomic mass is 16.5. The minimum absolute atomic E-state index is 0.302. The van der Waals surface area contributed by atoms with E-state index in [1.54, 1.807) is 24.3 Å². The van der Waals surface area contributed by atoms with E-state index in [2.05, 4.69) is 20.8 Å². The van der Waals surface area contributed by atoms with Gasteiger partial charge >= 0.3 is 11.9 Å². The number of benzene rings is 3. The molecule has 0 radical (unpaired) electrons. The molecule has 0 fully saturated rings. The fraction of sp³-hybridized carbons (Fsp3) is 0.375. The summed E-state index contributed by atoms with van der Waals surface area (Å²) in [5, 5.41) is 0. The molecule has 3 aromatic carbocycles. The van der Waals surface area contributed by atoms with Crippen molar-refractivity contribution in [2.45, 2.75) is 65.7 Å². The highest BCUT2D eigenvalue weighted by Gasteiger charge is 2.11. The first-order chi connectivity index (χ1) is 17.5. The molecule has 0 spiro atoms. The molecule has 0 N–H and O–H groups in total. The van der Waals surface area contributed by atoms with Crippen LogP contribution in [0.2, 0.25) is 0 Å². The Morgan fingerprint density at radius 2 is 1.25 bits per heavy atom. The molecule has 3 rings (SSSR count). The molecule has 0 aromatic heterocycles. The lowest BCUT2D eigenvalue weighted by Crippen LogP contribution is -2.11. The molecular weight excluding hydrogens is 448 g/mol. The molecule has 0 heterocycles. The van der Waals surface area contributed by atoms with Gasteiger partial charge in [-0.1, -0.05) is 89.3 Å². The van der Waals surface area contributed by atoms with Gasteiger partial charge in [-0.3, -0.25) is 0 Å². The standard InChI is InChI=1S/C32H38O4/c1-4-6-7-8-9-10-25-11-13-29(14-12-25)32(34)36-30-21-19-27(20-22-30)26-15-17-28(18-16-26)31(33)35-23-24(3)5-2/h11-22,24H,4-10,23H2,1-3H3. The van der Waals surface area contributed by atoms with E-state index >= 15 is 0 Å². The van der Waals surface area contributed by atoms with Gasteiger partial charge in [-0.15, -0.1) is 0 Å². The third kappa shape index (κ3) is 8.37. The number of unbranched alkanes of at least 4 members (excludes halogenated alkanes) is 4. The molecule has 0 aliphatic heterocycles. The van der Waals surface area contributed by atoms with Gasteiger partial charge in [0.25, 0.3) is 0 Å². The average molecular weight is 487 g/mol. The van der Waals surface area contributed by atoms with Crippen molar-refractivity contribution in [3.63, 3.8) is 0 Å². The first-order valence-corrected chi connectivity index (χ1v) is 13.2. The number of ether oxygens (including phenoxy) is 2. The Bertz CT molecular complexity index is 1080. The van der Waals surface area contributed by atoms with Gasteiger partial charge in [0.1, 0.15) is 5.75 Å². The van der Waals surface area contributed by atoms with Crippen molar-refractivity contribution in [3.8, 4) is 16.9 Å². The van der Waals surface area contributed by atoms with Crippen LogP contribution in [-0.4, -0.2) is 18.5 Å². The molecule has 190 valence electrons. The summed E-state index contributed by atoms with van der Waals surface area (Å²) in [6.07, 6.45) is 8.29. The van der Waals surface area contributed by atoms with E-state index in [0.717, 1.165) is 24.0 Å². The van der Waals surface area contributed by atoms with Crippen LogP contribution in [0.5, 0.6) is 5.75 Å². The summed E-state index contributed by atoms with van der Waals surface area (Å²) in [5.41, 5.74) is 4.27. The molecule has 4 heteroatoms. The van der Waals surface area contributed by atoms with Crippen molar-refractivity contribution in [1.29, 1.82) is 0 Å². The van der Waals surface area contributed by atoms with E-state index < -0.39 is 0 Å². The highest BCUT2D eigenvalue weighted by Crippen LogP contribution is 2.24. The molecule has 0 saturated carbocycles. The number of esters is 2. The van der Waals surface area contributed by atoms with Crippen LogP contribution in [0.15, 0.2) is 72.8 Å². The molecule has 0 bridgehead atoms. The number of hydrogen-bond acceptors (Lipinski definition) is 4. The zero-order valence-corrected chi connectivity index (χ0v) is 21.8. The van der Waals surface area contributed by atoms with Crippen molar-refractivity contribution < 1.29 is 19.1 Å². The van der Waals surface area contributed by atoms with E-state index in [1.165, 1.54) is 37.7 Å². The second-order valence-electron chi connectivity index (χ2n) is 9.46. The number of rotatable bonds is 13. The van der Waals surface area contributed by atoms with Crippen LogP contribution in [0.3, 0.4) is 0 Å². The largest absolute Gasteiger partial charge is 0.462 e. The number of hydrogen-bond donors (Lipinski definition) is 0. The minimum Gasteiger partial charge on any atom is -0.462 e. The van der Waals surface area contributed by atoms with E-state index in [-0.39, 0.29) is 11.9 Å². The Kier molecular flexibility index (Phi) is 10.7. The van der Waals surface area contributed by atoms with Crippen molar-refractivity contribution in [2.24, 2.45) is 5.92 Å². The summed E-state index contributed by atoms with van der Waals surface area (Å²) in [5.74, 6) is 0.181. The van der Waals surface area contributed by atoms with Crippen molar-refractivity contribution >= 4 is 11.9 Å². The van der Waals surface area contributed by atoms with Crippen LogP contribution in [0, 0.1) is 5.92 Å². The van der Waals surface area contributed by atoms with Crippen LogP contribution in [0.4, 0.5) is 0 Å². The van der Waals surface area contributed by atoms with E-state index in [4.69, 9.17) is 9.47 Å². The maximum atomic E-state index is 12.6. The Labute approximate surface area is 215 Å². The van der Waals surface area contributed by atoms with Gasteiger partial charge in [0.2, 0.25) is 0 Å². The first-order valence-electron chi connectivity index (χ1n) is 13.2. The zero-order chi connectivity index (χ0) is 25.8. The first kappa shape index (κ1) is 27.2. The summed E-state index contributed by atoms with van der Waals surface area (Å²) in [7, 11) is 0. The molecule has 1 unspecified atom stereocenters. The van der Waals surface area contributed by atoms with E-state index in [1.807, 2.05) is 48.5 Å². The number of carbonyl (C=O) groups excluding carboxylic acids is 2. The van der Waals surface area contributed by atoms with Gasteiger partial charge in [0, 0.05) is 0 Å². The van der Waals surface area contributed by atoms with Gasteiger partial charge in [0.15, 0.2) is 0 Å². The van der Waals surface area contributed by atoms with Crippen LogP contribution in [0.1, 0.15) is 85.6 Å². The van der Waals surface area contributed by atoms with Crippen LogP contribution in [-0.2, 0) is 11.2 Å². The molecule has 0 amide bonds. The van der Waals surface area contributed by atoms with E-state index in [9.17, 15) is 9.59 Å². The average Bonchev–Trinajstić information content (AvgIpc) is 2.92. The fourth-order valence-electron chi connectivity index (χ4n) is 3.84. The van der Waals surface area contributed by atoms with Crippen LogP contribution >= 0.6 is 0 Å². The van der Waals surface area contributed by atoms with Crippen molar-refractivity contribution in [1.82, 2.24) is 0 Å². The summed E-state index contributed by atoms with van der Waals surface area (Å²) in [4.78, 5) is 24.8. The molecule has 0 aliphatic rings. The second-order valence-corrected chi connectivity index (χ2v) is 9.46. The molecule has 36 heavy (non-hydrogen) atoms. The monoisotopic (exact) mass is 486 g/mol. The van der Waals surface area contributed by atoms with Gasteiger partial charge in [-0.25, -0.2) is 9.59 Å². The minimum atomic E-state index is -0.363. The van der Waals surface area contributed by atoms with E-state index in [0.29, 0.717) is 29.4 Å². The van der Waals surface area contributed by atoms with Crippen LogP contribution in [0.25, 0.3) is 11.1 Å². The second kappa shape index (κ2) is 14.2. The summed E-state index contributed by atoms with van der Waals surface area (Å²) in [6, 6.07) is 22.4. The van der Waals surface area contributed by atoms with Gasteiger partial charge < -0.3 is 9.47 Å². The SMILES string of the molecule is CCCCCCCc1ccc(C(=O)Oc2ccc(-c3ccc(C(=O)OCC(C)CC)cc3)cc2)cc1. The van der Waals surface area contributed by atoms with Crippen molar-refractivity contribution in [3.05, 3.63) is 89.5 Å². The quantitative estimate of drug-likeness (QED) is 0.139. The Morgan fingerprint density at radius 3 is 1.86 bits per heavy atom. The molecule has 0 saturated heterocycles. The Balaban J connectivity index is 1.51. The lowest BCUT2D eigenvalue weighted by molar-refractivity contribution is 0.0447. The Morgan fingerprint density at radius 1 is 0.694 bits per heavy atom. The van der Waals surface area contributed by atoms with Gasteiger partial charge in [0.05, 0.1) is 17.7 Å². The third-order valence-corrected chi connectivity index (χ3v) is 6.47. The predicted octanol–water partition coefficient (Wildman–Crippen LogP) is 8.29. The Hall–Kier alpha value is -3.40. The summed E-state index contributed by atoms with van der Waals surface area (Å²) < 4.78 is 10.9. The summed E-state index contributed by atoms with van der Waals surface area (Å²) >= 11 is 0. The molecule has 1 atom stereocenters. The van der Waals surface area contributed by atoms with Gasteiger partial charge in [-0.2, -0.15) is 0 Å². The smallest absolute Gasteiger partial charge is 0.343 e. The highest BCUT2D eigenvalue weighted by molar-refractivity contribution is 5.91. The molecule has 4 nitrogen and oxygen atoms in total. The van der Waals surface area contributed by atoms with Crippen LogP contribution < -0.4 is 4.74 Å². The topological polar surface area (TPSA) is 52.6 Å². The molecular formula is C32H38O4.